The van der Waals surface area contributed by atoms with E-state index in [0.29, 0.717) is 0 Å². The summed E-state index contributed by atoms with van der Waals surface area (Å²) in [7, 11) is 0. The van der Waals surface area contributed by atoms with E-state index in [0.717, 1.165) is 40.2 Å². The summed E-state index contributed by atoms with van der Waals surface area (Å²) in [5.41, 5.74) is 5.02. The molecule has 0 aliphatic heterocycles. The van der Waals surface area contributed by atoms with Crippen LogP contribution in [0.5, 0.6) is 0 Å². The van der Waals surface area contributed by atoms with E-state index in [1.165, 1.54) is 6.07 Å². The number of aryl methyl sites for hydroxylation is 1. The van der Waals surface area contributed by atoms with Gasteiger partial charge in [0.15, 0.2) is 0 Å². The number of nitrogens with zero attached hydrogens (tertiary/aromatic N) is 2. The van der Waals surface area contributed by atoms with Crippen molar-refractivity contribution in [3.63, 3.8) is 0 Å². The Morgan fingerprint density at radius 2 is 1.73 bits per heavy atom. The molecule has 0 saturated heterocycles. The number of benzene rings is 2. The van der Waals surface area contributed by atoms with Gasteiger partial charge in [0, 0.05) is 17.7 Å². The molecule has 0 bridgehead atoms. The van der Waals surface area contributed by atoms with Crippen molar-refractivity contribution >= 4 is 0 Å². The van der Waals surface area contributed by atoms with E-state index in [4.69, 9.17) is 0 Å². The highest BCUT2D eigenvalue weighted by atomic mass is 19.1. The summed E-state index contributed by atoms with van der Waals surface area (Å²) in [5.74, 6) is 0.618. The lowest BCUT2D eigenvalue weighted by Gasteiger charge is -2.27. The third kappa shape index (κ3) is 2.01. The number of fused-ring (bicyclic) bond motifs is 3. The molecule has 0 radical (unpaired) electrons. The van der Waals surface area contributed by atoms with E-state index in [2.05, 4.69) is 22.1 Å². The first kappa shape index (κ1) is 13.1. The van der Waals surface area contributed by atoms with E-state index >= 15 is 0 Å². The van der Waals surface area contributed by atoms with Crippen LogP contribution >= 0.6 is 0 Å². The fourth-order valence-electron chi connectivity index (χ4n) is 3.26. The Labute approximate surface area is 128 Å². The van der Waals surface area contributed by atoms with E-state index in [1.54, 1.807) is 6.07 Å². The molecule has 1 aliphatic carbocycles. The highest BCUT2D eigenvalue weighted by Crippen LogP contribution is 2.41. The van der Waals surface area contributed by atoms with E-state index in [9.17, 15) is 4.39 Å². The number of hydrogen-bond acceptors (Lipinski definition) is 2. The first-order valence-corrected chi connectivity index (χ1v) is 7.40. The molecule has 2 aromatic carbocycles. The summed E-state index contributed by atoms with van der Waals surface area (Å²) in [4.78, 5) is 8.91. The van der Waals surface area contributed by atoms with Crippen molar-refractivity contribution < 1.29 is 4.39 Å². The molecule has 1 atom stereocenters. The van der Waals surface area contributed by atoms with Crippen molar-refractivity contribution in [2.75, 3.05) is 0 Å². The SMILES string of the molecule is Cc1ncc2c(n1)-c1ccccc1C(c1ccccc1F)C2. The molecule has 0 N–H and O–H groups in total. The molecular weight excluding hydrogens is 275 g/mol. The summed E-state index contributed by atoms with van der Waals surface area (Å²) in [5, 5.41) is 0. The quantitative estimate of drug-likeness (QED) is 0.668. The minimum atomic E-state index is -0.154. The monoisotopic (exact) mass is 290 g/mol. The Hall–Kier alpha value is -2.55. The van der Waals surface area contributed by atoms with Crippen molar-refractivity contribution in [1.82, 2.24) is 9.97 Å². The van der Waals surface area contributed by atoms with Gasteiger partial charge in [0.1, 0.15) is 11.6 Å². The first-order valence-electron chi connectivity index (χ1n) is 7.40. The highest BCUT2D eigenvalue weighted by molar-refractivity contribution is 5.71. The zero-order valence-corrected chi connectivity index (χ0v) is 12.3. The van der Waals surface area contributed by atoms with Gasteiger partial charge in [-0.1, -0.05) is 42.5 Å². The molecule has 22 heavy (non-hydrogen) atoms. The van der Waals surface area contributed by atoms with Crippen molar-refractivity contribution in [1.29, 1.82) is 0 Å². The zero-order valence-electron chi connectivity index (χ0n) is 12.3. The zero-order chi connectivity index (χ0) is 15.1. The van der Waals surface area contributed by atoms with Crippen molar-refractivity contribution in [3.8, 4) is 11.3 Å². The summed E-state index contributed by atoms with van der Waals surface area (Å²) < 4.78 is 14.3. The van der Waals surface area contributed by atoms with Crippen molar-refractivity contribution in [2.45, 2.75) is 19.3 Å². The van der Waals surface area contributed by atoms with Gasteiger partial charge in [0.05, 0.1) is 5.69 Å². The fourth-order valence-corrected chi connectivity index (χ4v) is 3.26. The molecule has 1 aromatic heterocycles. The number of aromatic nitrogens is 2. The lowest BCUT2D eigenvalue weighted by Crippen LogP contribution is -2.15. The summed E-state index contributed by atoms with van der Waals surface area (Å²) >= 11 is 0. The Bertz CT molecular complexity index is 858. The van der Waals surface area contributed by atoms with E-state index < -0.39 is 0 Å². The average Bonchev–Trinajstić information content (AvgIpc) is 2.55. The highest BCUT2D eigenvalue weighted by Gasteiger charge is 2.28. The Balaban J connectivity index is 1.95. The van der Waals surface area contributed by atoms with Gasteiger partial charge >= 0.3 is 0 Å². The van der Waals surface area contributed by atoms with Crippen LogP contribution in [0.3, 0.4) is 0 Å². The van der Waals surface area contributed by atoms with Crippen LogP contribution in [-0.2, 0) is 6.42 Å². The molecule has 3 aromatic rings. The van der Waals surface area contributed by atoms with Gasteiger partial charge in [-0.05, 0) is 36.1 Å². The van der Waals surface area contributed by atoms with E-state index in [1.807, 2.05) is 37.4 Å². The molecule has 1 aliphatic rings. The lowest BCUT2D eigenvalue weighted by molar-refractivity contribution is 0.593. The molecule has 2 nitrogen and oxygen atoms in total. The van der Waals surface area contributed by atoms with Gasteiger partial charge in [0.2, 0.25) is 0 Å². The maximum Gasteiger partial charge on any atom is 0.127 e. The Morgan fingerprint density at radius 3 is 2.55 bits per heavy atom. The predicted octanol–water partition coefficient (Wildman–Crippen LogP) is 4.28. The van der Waals surface area contributed by atoms with Crippen LogP contribution < -0.4 is 0 Å². The molecule has 4 rings (SSSR count). The number of hydrogen-bond donors (Lipinski definition) is 0. The number of rotatable bonds is 1. The maximum atomic E-state index is 14.3. The van der Waals surface area contributed by atoms with Gasteiger partial charge in [-0.15, -0.1) is 0 Å². The van der Waals surface area contributed by atoms with E-state index in [-0.39, 0.29) is 11.7 Å². The number of halogens is 1. The maximum absolute atomic E-state index is 14.3. The smallest absolute Gasteiger partial charge is 0.127 e. The molecular formula is C19H15FN2. The Kier molecular flexibility index (Phi) is 3.00. The van der Waals surface area contributed by atoms with Crippen LogP contribution in [-0.4, -0.2) is 9.97 Å². The molecule has 0 spiro atoms. The van der Waals surface area contributed by atoms with Gasteiger partial charge in [-0.25, -0.2) is 14.4 Å². The normalized spacial score (nSPS) is 16.0. The predicted molar refractivity (Wildman–Crippen MR) is 84.2 cm³/mol. The third-order valence-electron chi connectivity index (χ3n) is 4.28. The Morgan fingerprint density at radius 1 is 1.00 bits per heavy atom. The third-order valence-corrected chi connectivity index (χ3v) is 4.28. The summed E-state index contributed by atoms with van der Waals surface area (Å²) in [6.45, 7) is 1.89. The molecule has 108 valence electrons. The van der Waals surface area contributed by atoms with Crippen LogP contribution in [0.4, 0.5) is 4.39 Å². The second-order valence-corrected chi connectivity index (χ2v) is 5.66. The molecule has 1 unspecified atom stereocenters. The molecule has 0 saturated carbocycles. The van der Waals surface area contributed by atoms with Crippen molar-refractivity contribution in [2.24, 2.45) is 0 Å². The largest absolute Gasteiger partial charge is 0.241 e. The summed E-state index contributed by atoms with van der Waals surface area (Å²) in [6, 6.07) is 15.2. The molecule has 0 amide bonds. The van der Waals surface area contributed by atoms with Gasteiger partial charge in [-0.3, -0.25) is 0 Å². The lowest BCUT2D eigenvalue weighted by atomic mass is 9.78. The second-order valence-electron chi connectivity index (χ2n) is 5.66. The van der Waals surface area contributed by atoms with Crippen LogP contribution in [0, 0.1) is 12.7 Å². The minimum absolute atomic E-state index is 0.0104. The fraction of sp³-hybridized carbons (Fsp3) is 0.158. The van der Waals surface area contributed by atoms with Crippen LogP contribution in [0.25, 0.3) is 11.3 Å². The molecule has 3 heteroatoms. The van der Waals surface area contributed by atoms with Gasteiger partial charge in [-0.2, -0.15) is 0 Å². The average molecular weight is 290 g/mol. The second kappa shape index (κ2) is 5.02. The molecule has 0 fully saturated rings. The summed E-state index contributed by atoms with van der Waals surface area (Å²) in [6.07, 6.45) is 2.61. The van der Waals surface area contributed by atoms with Gasteiger partial charge < -0.3 is 0 Å². The molecule has 1 heterocycles. The van der Waals surface area contributed by atoms with Crippen LogP contribution in [0.2, 0.25) is 0 Å². The minimum Gasteiger partial charge on any atom is -0.241 e. The van der Waals surface area contributed by atoms with Crippen molar-refractivity contribution in [3.05, 3.63) is 83.1 Å². The van der Waals surface area contributed by atoms with Gasteiger partial charge in [0.25, 0.3) is 0 Å². The standard InChI is InChI=1S/C19H15FN2/c1-12-21-11-13-10-17(15-7-4-5-9-18(15)20)14-6-2-3-8-16(14)19(13)22-12/h2-9,11,17H,10H2,1H3. The van der Waals surface area contributed by atoms with Crippen LogP contribution in [0.1, 0.15) is 28.4 Å². The van der Waals surface area contributed by atoms with Crippen LogP contribution in [0.15, 0.2) is 54.7 Å². The topological polar surface area (TPSA) is 25.8 Å². The first-order chi connectivity index (χ1) is 10.7.